The average Bonchev–Trinajstić information content (AvgIpc) is 3.01. The molecule has 0 radical (unpaired) electrons. The quantitative estimate of drug-likeness (QED) is 0.327. The first-order valence-corrected chi connectivity index (χ1v) is 11.3. The lowest BCUT2D eigenvalue weighted by Crippen LogP contribution is -2.28. The van der Waals surface area contributed by atoms with Gasteiger partial charge in [-0.1, -0.05) is 83.6 Å². The highest BCUT2D eigenvalue weighted by molar-refractivity contribution is 8.27. The standard InChI is InChI=1S/C26H23NO2S2/c1-17-7-6-9-20(13-17)16-29-23-12-11-18(2)14-21(23)15-24-25(28)27(26(30)31-24)22-10-5-4-8-19(22)3/h4-15H,16H2,1-3H3. The predicted molar refractivity (Wildman–Crippen MR) is 134 cm³/mol. The zero-order valence-corrected chi connectivity index (χ0v) is 19.3. The summed E-state index contributed by atoms with van der Waals surface area (Å²) in [5, 5.41) is 0. The Balaban J connectivity index is 1.62. The van der Waals surface area contributed by atoms with Crippen LogP contribution in [0.2, 0.25) is 0 Å². The predicted octanol–water partition coefficient (Wildman–Crippen LogP) is 6.60. The Bertz CT molecular complexity index is 1200. The number of benzene rings is 3. The molecular formula is C26H23NO2S2. The molecule has 156 valence electrons. The minimum atomic E-state index is -0.101. The van der Waals surface area contributed by atoms with Crippen molar-refractivity contribution in [2.75, 3.05) is 4.90 Å². The first kappa shape index (κ1) is 21.3. The SMILES string of the molecule is Cc1cccc(COc2ccc(C)cc2C=C2SC(=S)N(c3ccccc3C)C2=O)c1. The number of thioether (sulfide) groups is 1. The smallest absolute Gasteiger partial charge is 0.270 e. The van der Waals surface area contributed by atoms with E-state index in [4.69, 9.17) is 17.0 Å². The van der Waals surface area contributed by atoms with E-state index in [1.54, 1.807) is 4.90 Å². The van der Waals surface area contributed by atoms with Gasteiger partial charge in [0.15, 0.2) is 4.32 Å². The van der Waals surface area contributed by atoms with E-state index in [2.05, 4.69) is 19.1 Å². The summed E-state index contributed by atoms with van der Waals surface area (Å²) in [4.78, 5) is 15.4. The van der Waals surface area contributed by atoms with Gasteiger partial charge < -0.3 is 4.74 Å². The van der Waals surface area contributed by atoms with Crippen molar-refractivity contribution in [2.24, 2.45) is 0 Å². The van der Waals surface area contributed by atoms with Crippen LogP contribution in [-0.4, -0.2) is 10.2 Å². The molecule has 0 aromatic heterocycles. The van der Waals surface area contributed by atoms with Crippen molar-refractivity contribution in [3.8, 4) is 5.75 Å². The number of carbonyl (C=O) groups is 1. The van der Waals surface area contributed by atoms with Gasteiger partial charge in [0.05, 0.1) is 10.6 Å². The Kier molecular flexibility index (Phi) is 6.25. The monoisotopic (exact) mass is 445 g/mol. The van der Waals surface area contributed by atoms with Crippen LogP contribution in [0.5, 0.6) is 5.75 Å². The number of ether oxygens (including phenoxy) is 1. The fourth-order valence-corrected chi connectivity index (χ4v) is 4.78. The van der Waals surface area contributed by atoms with Crippen LogP contribution in [-0.2, 0) is 11.4 Å². The number of aryl methyl sites for hydroxylation is 3. The third-order valence-corrected chi connectivity index (χ3v) is 6.38. The lowest BCUT2D eigenvalue weighted by atomic mass is 10.1. The lowest BCUT2D eigenvalue weighted by molar-refractivity contribution is -0.113. The molecule has 1 amide bonds. The number of nitrogens with zero attached hydrogens (tertiary/aromatic N) is 1. The highest BCUT2D eigenvalue weighted by Gasteiger charge is 2.34. The van der Waals surface area contributed by atoms with Gasteiger partial charge in [0.25, 0.3) is 5.91 Å². The first-order valence-electron chi connectivity index (χ1n) is 10.0. The van der Waals surface area contributed by atoms with Crippen LogP contribution in [0.4, 0.5) is 5.69 Å². The molecule has 1 fully saturated rings. The summed E-state index contributed by atoms with van der Waals surface area (Å²) in [5.74, 6) is 0.642. The summed E-state index contributed by atoms with van der Waals surface area (Å²) in [6.07, 6.45) is 1.89. The fourth-order valence-electron chi connectivity index (χ4n) is 3.51. The average molecular weight is 446 g/mol. The number of rotatable bonds is 5. The van der Waals surface area contributed by atoms with Gasteiger partial charge in [-0.3, -0.25) is 9.69 Å². The van der Waals surface area contributed by atoms with Crippen molar-refractivity contribution < 1.29 is 9.53 Å². The van der Waals surface area contributed by atoms with Gasteiger partial charge in [-0.25, -0.2) is 0 Å². The zero-order chi connectivity index (χ0) is 22.0. The molecule has 3 aromatic rings. The molecule has 0 atom stereocenters. The maximum Gasteiger partial charge on any atom is 0.270 e. The second-order valence-electron chi connectivity index (χ2n) is 7.62. The van der Waals surface area contributed by atoms with Crippen molar-refractivity contribution in [1.82, 2.24) is 0 Å². The summed E-state index contributed by atoms with van der Waals surface area (Å²) < 4.78 is 6.67. The molecule has 0 spiro atoms. The minimum absolute atomic E-state index is 0.101. The molecule has 4 rings (SSSR count). The molecule has 0 bridgehead atoms. The molecule has 3 nitrogen and oxygen atoms in total. The van der Waals surface area contributed by atoms with Crippen LogP contribution in [0.1, 0.15) is 27.8 Å². The van der Waals surface area contributed by atoms with Gasteiger partial charge in [0, 0.05) is 5.56 Å². The van der Waals surface area contributed by atoms with E-state index in [1.807, 2.05) is 74.5 Å². The molecule has 0 unspecified atom stereocenters. The van der Waals surface area contributed by atoms with Gasteiger partial charge in [-0.2, -0.15) is 0 Å². The summed E-state index contributed by atoms with van der Waals surface area (Å²) in [7, 11) is 0. The number of para-hydroxylation sites is 1. The third-order valence-electron chi connectivity index (χ3n) is 5.08. The van der Waals surface area contributed by atoms with Crippen LogP contribution in [0.25, 0.3) is 6.08 Å². The Hall–Kier alpha value is -2.89. The normalized spacial score (nSPS) is 15.1. The van der Waals surface area contributed by atoms with E-state index in [-0.39, 0.29) is 5.91 Å². The Morgan fingerprint density at radius 3 is 2.52 bits per heavy atom. The molecule has 1 aliphatic rings. The van der Waals surface area contributed by atoms with Gasteiger partial charge >= 0.3 is 0 Å². The summed E-state index contributed by atoms with van der Waals surface area (Å²) in [6, 6.07) is 22.0. The van der Waals surface area contributed by atoms with E-state index >= 15 is 0 Å². The second-order valence-corrected chi connectivity index (χ2v) is 9.30. The highest BCUT2D eigenvalue weighted by Crippen LogP contribution is 2.38. The Morgan fingerprint density at radius 2 is 1.74 bits per heavy atom. The van der Waals surface area contributed by atoms with Crippen LogP contribution >= 0.6 is 24.0 Å². The number of hydrogen-bond donors (Lipinski definition) is 0. The maximum absolute atomic E-state index is 13.2. The molecule has 0 N–H and O–H groups in total. The molecule has 1 aliphatic heterocycles. The lowest BCUT2D eigenvalue weighted by Gasteiger charge is -2.16. The molecule has 31 heavy (non-hydrogen) atoms. The van der Waals surface area contributed by atoms with E-state index in [0.717, 1.165) is 33.7 Å². The largest absolute Gasteiger partial charge is 0.488 e. The molecule has 3 aromatic carbocycles. The molecule has 0 aliphatic carbocycles. The summed E-state index contributed by atoms with van der Waals surface area (Å²) >= 11 is 6.86. The van der Waals surface area contributed by atoms with Gasteiger partial charge in [-0.05, 0) is 56.2 Å². The van der Waals surface area contributed by atoms with Gasteiger partial charge in [0.1, 0.15) is 12.4 Å². The Morgan fingerprint density at radius 1 is 0.968 bits per heavy atom. The number of thiocarbonyl (C=S) groups is 1. The number of anilines is 1. The molecule has 5 heteroatoms. The van der Waals surface area contributed by atoms with Crippen molar-refractivity contribution in [3.05, 3.63) is 99.5 Å². The first-order chi connectivity index (χ1) is 14.9. The molecule has 1 heterocycles. The van der Waals surface area contributed by atoms with Crippen LogP contribution in [0.3, 0.4) is 0 Å². The van der Waals surface area contributed by atoms with Crippen molar-refractivity contribution >= 4 is 46.0 Å². The zero-order valence-electron chi connectivity index (χ0n) is 17.7. The van der Waals surface area contributed by atoms with E-state index in [0.29, 0.717) is 15.8 Å². The molecular weight excluding hydrogens is 422 g/mol. The van der Waals surface area contributed by atoms with E-state index < -0.39 is 0 Å². The highest BCUT2D eigenvalue weighted by atomic mass is 32.2. The Labute approximate surface area is 192 Å². The van der Waals surface area contributed by atoms with Gasteiger partial charge in [0.2, 0.25) is 0 Å². The van der Waals surface area contributed by atoms with Crippen LogP contribution in [0, 0.1) is 20.8 Å². The summed E-state index contributed by atoms with van der Waals surface area (Å²) in [5.41, 5.74) is 6.12. The van der Waals surface area contributed by atoms with Crippen molar-refractivity contribution in [1.29, 1.82) is 0 Å². The van der Waals surface area contributed by atoms with Crippen LogP contribution < -0.4 is 9.64 Å². The number of hydrogen-bond acceptors (Lipinski definition) is 4. The maximum atomic E-state index is 13.2. The van der Waals surface area contributed by atoms with Crippen molar-refractivity contribution in [2.45, 2.75) is 27.4 Å². The molecule has 1 saturated heterocycles. The number of amides is 1. The molecule has 0 saturated carbocycles. The van der Waals surface area contributed by atoms with E-state index in [1.165, 1.54) is 17.3 Å². The topological polar surface area (TPSA) is 29.5 Å². The van der Waals surface area contributed by atoms with Crippen LogP contribution in [0.15, 0.2) is 71.6 Å². The van der Waals surface area contributed by atoms with Gasteiger partial charge in [-0.15, -0.1) is 0 Å². The fraction of sp³-hybridized carbons (Fsp3) is 0.154. The number of carbonyl (C=O) groups excluding carboxylic acids is 1. The summed E-state index contributed by atoms with van der Waals surface area (Å²) in [6.45, 7) is 6.54. The second kappa shape index (κ2) is 9.08. The minimum Gasteiger partial charge on any atom is -0.488 e. The third kappa shape index (κ3) is 4.73. The van der Waals surface area contributed by atoms with Crippen molar-refractivity contribution in [3.63, 3.8) is 0 Å². The van der Waals surface area contributed by atoms with E-state index in [9.17, 15) is 4.79 Å².